The first kappa shape index (κ1) is 16.0. The Labute approximate surface area is 126 Å². The highest BCUT2D eigenvalue weighted by Crippen LogP contribution is 2.18. The molecule has 0 spiro atoms. The van der Waals surface area contributed by atoms with Crippen LogP contribution >= 0.6 is 0 Å². The maximum Gasteiger partial charge on any atom is 0.225 e. The molecular formula is C15H22N2O3S. The first-order valence-electron chi connectivity index (χ1n) is 7.17. The van der Waals surface area contributed by atoms with Crippen LogP contribution in [0.4, 0.5) is 5.69 Å². The summed E-state index contributed by atoms with van der Waals surface area (Å²) < 4.78 is 22.7. The van der Waals surface area contributed by atoms with E-state index >= 15 is 0 Å². The van der Waals surface area contributed by atoms with Crippen LogP contribution in [0.1, 0.15) is 24.0 Å². The summed E-state index contributed by atoms with van der Waals surface area (Å²) in [5.41, 5.74) is 3.05. The van der Waals surface area contributed by atoms with Crippen LogP contribution in [-0.4, -0.2) is 38.4 Å². The van der Waals surface area contributed by atoms with Crippen molar-refractivity contribution in [2.24, 2.45) is 0 Å². The SMILES string of the molecule is Cc1cccc(NC(=O)CCNC2CCS(=O)(=O)C2)c1C. The number of aryl methyl sites for hydroxylation is 1. The second kappa shape index (κ2) is 6.58. The first-order chi connectivity index (χ1) is 9.87. The highest BCUT2D eigenvalue weighted by atomic mass is 32.2. The second-order valence-corrected chi connectivity index (χ2v) is 7.83. The van der Waals surface area contributed by atoms with E-state index in [0.717, 1.165) is 16.8 Å². The van der Waals surface area contributed by atoms with E-state index in [1.807, 2.05) is 32.0 Å². The van der Waals surface area contributed by atoms with Crippen LogP contribution in [-0.2, 0) is 14.6 Å². The van der Waals surface area contributed by atoms with Gasteiger partial charge in [0.2, 0.25) is 5.91 Å². The van der Waals surface area contributed by atoms with Crippen LogP contribution in [0.15, 0.2) is 18.2 Å². The average molecular weight is 310 g/mol. The van der Waals surface area contributed by atoms with Crippen LogP contribution in [0.5, 0.6) is 0 Å². The Morgan fingerprint density at radius 2 is 2.10 bits per heavy atom. The van der Waals surface area contributed by atoms with Crippen molar-refractivity contribution in [3.8, 4) is 0 Å². The predicted octanol–water partition coefficient (Wildman–Crippen LogP) is 1.41. The molecule has 2 rings (SSSR count). The monoisotopic (exact) mass is 310 g/mol. The summed E-state index contributed by atoms with van der Waals surface area (Å²) in [6, 6.07) is 5.80. The minimum atomic E-state index is -2.87. The van der Waals surface area contributed by atoms with Gasteiger partial charge >= 0.3 is 0 Å². The molecule has 116 valence electrons. The Bertz CT molecular complexity index is 626. The Morgan fingerprint density at radius 3 is 2.76 bits per heavy atom. The zero-order valence-electron chi connectivity index (χ0n) is 12.5. The third-order valence-electron chi connectivity index (χ3n) is 3.90. The van der Waals surface area contributed by atoms with Gasteiger partial charge in [-0.05, 0) is 37.5 Å². The van der Waals surface area contributed by atoms with E-state index < -0.39 is 9.84 Å². The molecule has 1 atom stereocenters. The predicted molar refractivity (Wildman–Crippen MR) is 84.2 cm³/mol. The number of hydrogen-bond acceptors (Lipinski definition) is 4. The Balaban J connectivity index is 1.77. The minimum Gasteiger partial charge on any atom is -0.326 e. The van der Waals surface area contributed by atoms with Crippen molar-refractivity contribution in [2.75, 3.05) is 23.4 Å². The molecule has 0 radical (unpaired) electrons. The summed E-state index contributed by atoms with van der Waals surface area (Å²) in [7, 11) is -2.87. The van der Waals surface area contributed by atoms with Crippen LogP contribution in [0.3, 0.4) is 0 Å². The molecule has 0 bridgehead atoms. The molecule has 1 aromatic carbocycles. The van der Waals surface area contributed by atoms with Gasteiger partial charge < -0.3 is 10.6 Å². The molecule has 1 aromatic rings. The van der Waals surface area contributed by atoms with Gasteiger partial charge in [0.15, 0.2) is 9.84 Å². The smallest absolute Gasteiger partial charge is 0.225 e. The molecule has 1 aliphatic rings. The number of amides is 1. The molecule has 0 aliphatic carbocycles. The highest BCUT2D eigenvalue weighted by Gasteiger charge is 2.27. The number of hydrogen-bond donors (Lipinski definition) is 2. The van der Waals surface area contributed by atoms with Gasteiger partial charge in [0.1, 0.15) is 0 Å². The van der Waals surface area contributed by atoms with Crippen molar-refractivity contribution in [1.29, 1.82) is 0 Å². The Morgan fingerprint density at radius 1 is 1.33 bits per heavy atom. The summed E-state index contributed by atoms with van der Waals surface area (Å²) >= 11 is 0. The van der Waals surface area contributed by atoms with Gasteiger partial charge in [-0.15, -0.1) is 0 Å². The molecule has 1 fully saturated rings. The van der Waals surface area contributed by atoms with Crippen molar-refractivity contribution >= 4 is 21.4 Å². The van der Waals surface area contributed by atoms with Gasteiger partial charge in [-0.1, -0.05) is 12.1 Å². The average Bonchev–Trinajstić information content (AvgIpc) is 2.75. The van der Waals surface area contributed by atoms with Gasteiger partial charge in [-0.25, -0.2) is 8.42 Å². The van der Waals surface area contributed by atoms with E-state index in [0.29, 0.717) is 19.4 Å². The zero-order valence-corrected chi connectivity index (χ0v) is 13.3. The molecule has 21 heavy (non-hydrogen) atoms. The van der Waals surface area contributed by atoms with E-state index in [-0.39, 0.29) is 23.5 Å². The molecule has 1 saturated heterocycles. The van der Waals surface area contributed by atoms with Crippen LogP contribution < -0.4 is 10.6 Å². The maximum atomic E-state index is 11.9. The maximum absolute atomic E-state index is 11.9. The van der Waals surface area contributed by atoms with Crippen molar-refractivity contribution in [2.45, 2.75) is 32.7 Å². The van der Waals surface area contributed by atoms with Gasteiger partial charge in [-0.3, -0.25) is 4.79 Å². The van der Waals surface area contributed by atoms with E-state index in [4.69, 9.17) is 0 Å². The first-order valence-corrected chi connectivity index (χ1v) is 8.99. The van der Waals surface area contributed by atoms with Crippen molar-refractivity contribution in [3.63, 3.8) is 0 Å². The zero-order chi connectivity index (χ0) is 15.5. The molecule has 1 aliphatic heterocycles. The van der Waals surface area contributed by atoms with Crippen molar-refractivity contribution in [3.05, 3.63) is 29.3 Å². The Hall–Kier alpha value is -1.40. The molecule has 1 amide bonds. The van der Waals surface area contributed by atoms with Gasteiger partial charge in [0.25, 0.3) is 0 Å². The van der Waals surface area contributed by atoms with E-state index in [1.165, 1.54) is 0 Å². The standard InChI is InChI=1S/C15H22N2O3S/c1-11-4-3-5-14(12(11)2)17-15(18)6-8-16-13-7-9-21(19,20)10-13/h3-5,13,16H,6-10H2,1-2H3,(H,17,18). The lowest BCUT2D eigenvalue weighted by atomic mass is 10.1. The Kier molecular flexibility index (Phi) is 5.00. The lowest BCUT2D eigenvalue weighted by molar-refractivity contribution is -0.116. The molecule has 0 aromatic heterocycles. The molecule has 6 heteroatoms. The van der Waals surface area contributed by atoms with E-state index in [1.54, 1.807) is 0 Å². The second-order valence-electron chi connectivity index (χ2n) is 5.60. The summed E-state index contributed by atoms with van der Waals surface area (Å²) in [4.78, 5) is 11.9. The summed E-state index contributed by atoms with van der Waals surface area (Å²) in [5.74, 6) is 0.377. The molecule has 5 nitrogen and oxygen atoms in total. The van der Waals surface area contributed by atoms with Crippen LogP contribution in [0.25, 0.3) is 0 Å². The molecule has 1 unspecified atom stereocenters. The number of rotatable bonds is 5. The third kappa shape index (κ3) is 4.54. The fourth-order valence-corrected chi connectivity index (χ4v) is 4.15. The normalized spacial score (nSPS) is 20.4. The fourth-order valence-electron chi connectivity index (χ4n) is 2.45. The number of carbonyl (C=O) groups is 1. The summed E-state index contributed by atoms with van der Waals surface area (Å²) in [5, 5.41) is 6.04. The molecule has 0 saturated carbocycles. The minimum absolute atomic E-state index is 0.0106. The van der Waals surface area contributed by atoms with E-state index in [2.05, 4.69) is 10.6 Å². The highest BCUT2D eigenvalue weighted by molar-refractivity contribution is 7.91. The summed E-state index contributed by atoms with van der Waals surface area (Å²) in [6.07, 6.45) is 0.977. The largest absolute Gasteiger partial charge is 0.326 e. The summed E-state index contributed by atoms with van der Waals surface area (Å²) in [6.45, 7) is 4.48. The third-order valence-corrected chi connectivity index (χ3v) is 5.66. The lowest BCUT2D eigenvalue weighted by Crippen LogP contribution is -2.32. The topological polar surface area (TPSA) is 75.3 Å². The van der Waals surface area contributed by atoms with Gasteiger partial charge in [0, 0.05) is 24.7 Å². The van der Waals surface area contributed by atoms with E-state index in [9.17, 15) is 13.2 Å². The number of carbonyl (C=O) groups excluding carboxylic acids is 1. The number of nitrogens with one attached hydrogen (secondary N) is 2. The molecular weight excluding hydrogens is 288 g/mol. The van der Waals surface area contributed by atoms with Crippen molar-refractivity contribution in [1.82, 2.24) is 5.32 Å². The number of sulfone groups is 1. The fraction of sp³-hybridized carbons (Fsp3) is 0.533. The molecule has 1 heterocycles. The van der Waals surface area contributed by atoms with Gasteiger partial charge in [-0.2, -0.15) is 0 Å². The lowest BCUT2D eigenvalue weighted by Gasteiger charge is -2.12. The number of anilines is 1. The van der Waals surface area contributed by atoms with Crippen LogP contribution in [0, 0.1) is 13.8 Å². The molecule has 2 N–H and O–H groups in total. The number of benzene rings is 1. The van der Waals surface area contributed by atoms with Crippen LogP contribution in [0.2, 0.25) is 0 Å². The quantitative estimate of drug-likeness (QED) is 0.862. The van der Waals surface area contributed by atoms with Gasteiger partial charge in [0.05, 0.1) is 11.5 Å². The van der Waals surface area contributed by atoms with Crippen molar-refractivity contribution < 1.29 is 13.2 Å².